The van der Waals surface area contributed by atoms with Gasteiger partial charge in [-0.3, -0.25) is 0 Å². The minimum atomic E-state index is -0.747. The molecule has 1 saturated carbocycles. The maximum atomic E-state index is 14.4. The van der Waals surface area contributed by atoms with Gasteiger partial charge in [0, 0.05) is 12.2 Å². The van der Waals surface area contributed by atoms with Crippen LogP contribution in [0.4, 0.5) is 8.78 Å². The van der Waals surface area contributed by atoms with Gasteiger partial charge in [0.15, 0.2) is 11.6 Å². The van der Waals surface area contributed by atoms with Gasteiger partial charge >= 0.3 is 0 Å². The molecule has 146 valence electrons. The van der Waals surface area contributed by atoms with Gasteiger partial charge in [-0.2, -0.15) is 0 Å². The van der Waals surface area contributed by atoms with Crippen LogP contribution >= 0.6 is 0 Å². The predicted molar refractivity (Wildman–Crippen MR) is 107 cm³/mol. The molecule has 0 bridgehead atoms. The molecule has 0 heterocycles. The zero-order chi connectivity index (χ0) is 19.4. The molecule has 0 aliphatic heterocycles. The molecule has 3 heteroatoms. The summed E-state index contributed by atoms with van der Waals surface area (Å²) in [5.74, 6) is -0.956. The highest BCUT2D eigenvalue weighted by molar-refractivity contribution is 5.65. The van der Waals surface area contributed by atoms with Crippen molar-refractivity contribution < 1.29 is 13.5 Å². The van der Waals surface area contributed by atoms with Gasteiger partial charge in [-0.15, -0.1) is 0 Å². The first-order chi connectivity index (χ1) is 13.0. The Kier molecular flexibility index (Phi) is 6.31. The minimum absolute atomic E-state index is 0.00807. The van der Waals surface area contributed by atoms with Crippen molar-refractivity contribution >= 4 is 0 Å². The van der Waals surface area contributed by atoms with Gasteiger partial charge in [-0.1, -0.05) is 50.2 Å². The summed E-state index contributed by atoms with van der Waals surface area (Å²) in [6.45, 7) is 7.02. The lowest BCUT2D eigenvalue weighted by Crippen LogP contribution is -2.33. The van der Waals surface area contributed by atoms with Crippen LogP contribution < -0.4 is 0 Å². The molecule has 2 aromatic carbocycles. The largest absolute Gasteiger partial charge is 0.375 e. The van der Waals surface area contributed by atoms with Crippen LogP contribution in [0.1, 0.15) is 69.9 Å². The van der Waals surface area contributed by atoms with E-state index in [1.54, 1.807) is 12.1 Å². The third-order valence-corrected chi connectivity index (χ3v) is 5.93. The molecule has 3 rings (SSSR count). The van der Waals surface area contributed by atoms with E-state index in [2.05, 4.69) is 26.0 Å². The van der Waals surface area contributed by atoms with E-state index in [1.165, 1.54) is 5.56 Å². The van der Waals surface area contributed by atoms with E-state index in [9.17, 15) is 8.78 Å². The predicted octanol–water partition coefficient (Wildman–Crippen LogP) is 7.04. The van der Waals surface area contributed by atoms with Crippen LogP contribution in [0, 0.1) is 11.6 Å². The van der Waals surface area contributed by atoms with E-state index < -0.39 is 11.6 Å². The summed E-state index contributed by atoms with van der Waals surface area (Å²) in [6, 6.07) is 11.3. The Morgan fingerprint density at radius 3 is 2.22 bits per heavy atom. The Morgan fingerprint density at radius 1 is 0.963 bits per heavy atom. The van der Waals surface area contributed by atoms with Crippen LogP contribution in [0.2, 0.25) is 0 Å². The lowest BCUT2D eigenvalue weighted by atomic mass is 9.76. The molecular formula is C24H30F2O. The van der Waals surface area contributed by atoms with Crippen LogP contribution in [0.15, 0.2) is 36.4 Å². The number of hydrogen-bond donors (Lipinski definition) is 0. The lowest BCUT2D eigenvalue weighted by Gasteiger charge is -2.37. The fraction of sp³-hybridized carbons (Fsp3) is 0.500. The molecule has 0 saturated heterocycles. The number of hydrogen-bond acceptors (Lipinski definition) is 1. The van der Waals surface area contributed by atoms with Gasteiger partial charge < -0.3 is 4.74 Å². The average molecular weight is 372 g/mol. The molecule has 1 fully saturated rings. The first-order valence-electron chi connectivity index (χ1n) is 10.2. The second-order valence-corrected chi connectivity index (χ2v) is 7.95. The lowest BCUT2D eigenvalue weighted by molar-refractivity contribution is -0.0589. The molecule has 0 unspecified atom stereocenters. The summed E-state index contributed by atoms with van der Waals surface area (Å²) in [4.78, 5) is 0. The highest BCUT2D eigenvalue weighted by Crippen LogP contribution is 2.40. The SMILES string of the molecule is CCCOC1(C)CCC(c2ccc(-c3ccc(CC)c(F)c3F)cc2)CC1. The monoisotopic (exact) mass is 372 g/mol. The highest BCUT2D eigenvalue weighted by Gasteiger charge is 2.32. The molecule has 0 aromatic heterocycles. The third kappa shape index (κ3) is 4.40. The Bertz CT molecular complexity index is 759. The molecule has 1 aliphatic carbocycles. The van der Waals surface area contributed by atoms with E-state index in [-0.39, 0.29) is 5.60 Å². The molecular weight excluding hydrogens is 342 g/mol. The first-order valence-corrected chi connectivity index (χ1v) is 10.2. The first kappa shape index (κ1) is 20.0. The zero-order valence-electron chi connectivity index (χ0n) is 16.7. The van der Waals surface area contributed by atoms with Gasteiger partial charge in [-0.05, 0) is 68.1 Å². The van der Waals surface area contributed by atoms with E-state index >= 15 is 0 Å². The number of halogens is 2. The Balaban J connectivity index is 1.71. The Hall–Kier alpha value is -1.74. The molecule has 0 amide bonds. The fourth-order valence-electron chi connectivity index (χ4n) is 4.07. The van der Waals surface area contributed by atoms with Crippen LogP contribution in [-0.2, 0) is 11.2 Å². The molecule has 0 N–H and O–H groups in total. The molecule has 0 spiro atoms. The molecule has 2 aromatic rings. The second kappa shape index (κ2) is 8.52. The summed E-state index contributed by atoms with van der Waals surface area (Å²) in [5, 5.41) is 0. The van der Waals surface area contributed by atoms with Crippen molar-refractivity contribution in [3.05, 3.63) is 59.2 Å². The van der Waals surface area contributed by atoms with Crippen molar-refractivity contribution in [2.24, 2.45) is 0 Å². The third-order valence-electron chi connectivity index (χ3n) is 5.93. The maximum absolute atomic E-state index is 14.4. The van der Waals surface area contributed by atoms with Crippen molar-refractivity contribution in [3.8, 4) is 11.1 Å². The van der Waals surface area contributed by atoms with Gasteiger partial charge in [0.05, 0.1) is 5.60 Å². The van der Waals surface area contributed by atoms with Crippen LogP contribution in [0.25, 0.3) is 11.1 Å². The zero-order valence-corrected chi connectivity index (χ0v) is 16.7. The van der Waals surface area contributed by atoms with Crippen molar-refractivity contribution in [3.63, 3.8) is 0 Å². The van der Waals surface area contributed by atoms with Crippen LogP contribution in [0.3, 0.4) is 0 Å². The average Bonchev–Trinajstić information content (AvgIpc) is 2.69. The molecule has 0 radical (unpaired) electrons. The fourth-order valence-corrected chi connectivity index (χ4v) is 4.07. The summed E-state index contributed by atoms with van der Waals surface area (Å²) in [6.07, 6.45) is 5.89. The number of ether oxygens (including phenoxy) is 1. The summed E-state index contributed by atoms with van der Waals surface area (Å²) < 4.78 is 34.5. The Morgan fingerprint density at radius 2 is 1.63 bits per heavy atom. The van der Waals surface area contributed by atoms with E-state index in [0.717, 1.165) is 44.3 Å². The molecule has 27 heavy (non-hydrogen) atoms. The maximum Gasteiger partial charge on any atom is 0.166 e. The molecule has 0 atom stereocenters. The summed E-state index contributed by atoms with van der Waals surface area (Å²) in [7, 11) is 0. The van der Waals surface area contributed by atoms with Gasteiger partial charge in [-0.25, -0.2) is 8.78 Å². The van der Waals surface area contributed by atoms with E-state index in [1.807, 2.05) is 19.1 Å². The Labute approximate surface area is 161 Å². The van der Waals surface area contributed by atoms with Gasteiger partial charge in [0.25, 0.3) is 0 Å². The van der Waals surface area contributed by atoms with Crippen molar-refractivity contribution in [2.45, 2.75) is 70.8 Å². The van der Waals surface area contributed by atoms with E-state index in [4.69, 9.17) is 4.74 Å². The van der Waals surface area contributed by atoms with Gasteiger partial charge in [0.1, 0.15) is 0 Å². The van der Waals surface area contributed by atoms with Crippen molar-refractivity contribution in [1.29, 1.82) is 0 Å². The topological polar surface area (TPSA) is 9.23 Å². The molecule has 1 nitrogen and oxygen atoms in total. The highest BCUT2D eigenvalue weighted by atomic mass is 19.2. The van der Waals surface area contributed by atoms with Crippen molar-refractivity contribution in [1.82, 2.24) is 0 Å². The smallest absolute Gasteiger partial charge is 0.166 e. The standard InChI is InChI=1S/C24H30F2O/c1-4-16-27-24(3)14-12-19(13-15-24)18-6-8-20(9-7-18)21-11-10-17(5-2)22(25)23(21)26/h6-11,19H,4-5,12-16H2,1-3H3. The molecule has 1 aliphatic rings. The number of rotatable bonds is 6. The number of benzene rings is 2. The normalized spacial score (nSPS) is 22.8. The number of aryl methyl sites for hydroxylation is 1. The minimum Gasteiger partial charge on any atom is -0.375 e. The van der Waals surface area contributed by atoms with Crippen LogP contribution in [-0.4, -0.2) is 12.2 Å². The van der Waals surface area contributed by atoms with E-state index in [0.29, 0.717) is 23.5 Å². The quantitative estimate of drug-likeness (QED) is 0.528. The van der Waals surface area contributed by atoms with Gasteiger partial charge in [0.2, 0.25) is 0 Å². The summed E-state index contributed by atoms with van der Waals surface area (Å²) in [5.41, 5.74) is 2.77. The summed E-state index contributed by atoms with van der Waals surface area (Å²) >= 11 is 0. The second-order valence-electron chi connectivity index (χ2n) is 7.95. The van der Waals surface area contributed by atoms with Crippen LogP contribution in [0.5, 0.6) is 0 Å². The van der Waals surface area contributed by atoms with Crippen molar-refractivity contribution in [2.75, 3.05) is 6.61 Å².